The van der Waals surface area contributed by atoms with E-state index in [0.29, 0.717) is 28.3 Å². The van der Waals surface area contributed by atoms with Crippen molar-refractivity contribution in [1.82, 2.24) is 0 Å². The predicted octanol–water partition coefficient (Wildman–Crippen LogP) is 5.58. The summed E-state index contributed by atoms with van der Waals surface area (Å²) in [5.41, 5.74) is 3.71. The SMILES string of the molecule is COc1ccc(/C=C(\C#N)C(=O)Nc2cccc(C)c2C)c(OCc2cccc(F)c2)c1. The number of amides is 1. The largest absolute Gasteiger partial charge is 0.497 e. The third kappa shape index (κ3) is 5.52. The van der Waals surface area contributed by atoms with Crippen molar-refractivity contribution in [2.75, 3.05) is 12.4 Å². The van der Waals surface area contributed by atoms with Crippen molar-refractivity contribution < 1.29 is 18.7 Å². The van der Waals surface area contributed by atoms with Gasteiger partial charge in [0.15, 0.2) is 0 Å². The summed E-state index contributed by atoms with van der Waals surface area (Å²) in [6, 6.07) is 18.7. The number of rotatable bonds is 7. The highest BCUT2D eigenvalue weighted by Crippen LogP contribution is 2.28. The van der Waals surface area contributed by atoms with Gasteiger partial charge in [0.25, 0.3) is 5.91 Å². The van der Waals surface area contributed by atoms with E-state index in [0.717, 1.165) is 11.1 Å². The number of methoxy groups -OCH3 is 1. The first-order valence-electron chi connectivity index (χ1n) is 9.96. The Morgan fingerprint density at radius 3 is 2.62 bits per heavy atom. The molecule has 0 aliphatic carbocycles. The number of nitrogens with zero attached hydrogens (tertiary/aromatic N) is 1. The molecule has 3 aromatic carbocycles. The van der Waals surface area contributed by atoms with Crippen molar-refractivity contribution in [1.29, 1.82) is 5.26 Å². The Balaban J connectivity index is 1.88. The molecule has 0 unspecified atom stereocenters. The highest BCUT2D eigenvalue weighted by atomic mass is 19.1. The van der Waals surface area contributed by atoms with Crippen LogP contribution >= 0.6 is 0 Å². The van der Waals surface area contributed by atoms with Gasteiger partial charge in [-0.05, 0) is 66.9 Å². The van der Waals surface area contributed by atoms with E-state index in [1.165, 1.54) is 25.3 Å². The van der Waals surface area contributed by atoms with E-state index in [1.807, 2.05) is 32.0 Å². The minimum absolute atomic E-state index is 0.0771. The van der Waals surface area contributed by atoms with E-state index < -0.39 is 5.91 Å². The molecule has 0 fully saturated rings. The molecule has 0 aliphatic heterocycles. The number of aryl methyl sites for hydroxylation is 1. The van der Waals surface area contributed by atoms with Gasteiger partial charge in [-0.15, -0.1) is 0 Å². The summed E-state index contributed by atoms with van der Waals surface area (Å²) in [4.78, 5) is 12.8. The van der Waals surface area contributed by atoms with Crippen LogP contribution in [0.4, 0.5) is 10.1 Å². The summed E-state index contributed by atoms with van der Waals surface area (Å²) >= 11 is 0. The molecule has 1 N–H and O–H groups in total. The number of anilines is 1. The Morgan fingerprint density at radius 2 is 1.91 bits per heavy atom. The number of nitrogens with one attached hydrogen (secondary N) is 1. The molecule has 0 radical (unpaired) electrons. The molecule has 32 heavy (non-hydrogen) atoms. The zero-order valence-corrected chi connectivity index (χ0v) is 18.1. The number of ether oxygens (including phenoxy) is 2. The van der Waals surface area contributed by atoms with Crippen molar-refractivity contribution in [2.45, 2.75) is 20.5 Å². The van der Waals surface area contributed by atoms with Gasteiger partial charge in [0.1, 0.15) is 35.6 Å². The molecule has 6 heteroatoms. The Bertz CT molecular complexity index is 1210. The summed E-state index contributed by atoms with van der Waals surface area (Å²) in [7, 11) is 1.53. The molecular formula is C26H23FN2O3. The molecule has 0 saturated heterocycles. The van der Waals surface area contributed by atoms with Crippen LogP contribution in [0, 0.1) is 31.0 Å². The zero-order chi connectivity index (χ0) is 23.1. The van der Waals surface area contributed by atoms with Crippen LogP contribution in [0.1, 0.15) is 22.3 Å². The molecular weight excluding hydrogens is 407 g/mol. The van der Waals surface area contributed by atoms with Crippen molar-refractivity contribution in [3.8, 4) is 17.6 Å². The lowest BCUT2D eigenvalue weighted by Crippen LogP contribution is -2.14. The average Bonchev–Trinajstić information content (AvgIpc) is 2.79. The van der Waals surface area contributed by atoms with Crippen LogP contribution in [0.5, 0.6) is 11.5 Å². The second-order valence-electron chi connectivity index (χ2n) is 7.19. The quantitative estimate of drug-likeness (QED) is 0.393. The van der Waals surface area contributed by atoms with E-state index in [9.17, 15) is 14.4 Å². The third-order valence-corrected chi connectivity index (χ3v) is 5.02. The van der Waals surface area contributed by atoms with Gasteiger partial charge in [-0.3, -0.25) is 4.79 Å². The fraction of sp³-hybridized carbons (Fsp3) is 0.154. The number of carbonyl (C=O) groups is 1. The second kappa shape index (κ2) is 10.3. The second-order valence-corrected chi connectivity index (χ2v) is 7.19. The van der Waals surface area contributed by atoms with Crippen LogP contribution in [-0.4, -0.2) is 13.0 Å². The first-order chi connectivity index (χ1) is 15.4. The van der Waals surface area contributed by atoms with Crippen LogP contribution in [0.3, 0.4) is 0 Å². The Labute approximate surface area is 186 Å². The van der Waals surface area contributed by atoms with Gasteiger partial charge in [0, 0.05) is 17.3 Å². The number of carbonyl (C=O) groups excluding carboxylic acids is 1. The number of nitriles is 1. The van der Waals surface area contributed by atoms with E-state index in [1.54, 1.807) is 36.4 Å². The maximum atomic E-state index is 13.5. The Kier molecular flexibility index (Phi) is 7.25. The lowest BCUT2D eigenvalue weighted by molar-refractivity contribution is -0.112. The first-order valence-corrected chi connectivity index (χ1v) is 9.96. The number of hydrogen-bond donors (Lipinski definition) is 1. The molecule has 5 nitrogen and oxygen atoms in total. The van der Waals surface area contributed by atoms with E-state index in [-0.39, 0.29) is 18.0 Å². The molecule has 0 aliphatic rings. The number of halogens is 1. The molecule has 0 saturated carbocycles. The van der Waals surface area contributed by atoms with Crippen molar-refractivity contribution in [2.24, 2.45) is 0 Å². The molecule has 0 spiro atoms. The minimum atomic E-state index is -0.520. The Hall–Kier alpha value is -4.11. The smallest absolute Gasteiger partial charge is 0.266 e. The maximum Gasteiger partial charge on any atom is 0.266 e. The summed E-state index contributed by atoms with van der Waals surface area (Å²) < 4.78 is 24.6. The monoisotopic (exact) mass is 430 g/mol. The summed E-state index contributed by atoms with van der Waals surface area (Å²) in [6.45, 7) is 3.97. The molecule has 0 heterocycles. The predicted molar refractivity (Wildman–Crippen MR) is 122 cm³/mol. The fourth-order valence-electron chi connectivity index (χ4n) is 3.05. The third-order valence-electron chi connectivity index (χ3n) is 5.02. The van der Waals surface area contributed by atoms with Crippen LogP contribution in [0.15, 0.2) is 66.2 Å². The van der Waals surface area contributed by atoms with Crippen molar-refractivity contribution in [3.05, 3.63) is 94.3 Å². The van der Waals surface area contributed by atoms with Gasteiger partial charge in [-0.2, -0.15) is 5.26 Å². The number of benzene rings is 3. The van der Waals surface area contributed by atoms with E-state index >= 15 is 0 Å². The summed E-state index contributed by atoms with van der Waals surface area (Å²) in [5.74, 6) is 0.0791. The van der Waals surface area contributed by atoms with Crippen LogP contribution in [-0.2, 0) is 11.4 Å². The van der Waals surface area contributed by atoms with Crippen LogP contribution in [0.25, 0.3) is 6.08 Å². The summed E-state index contributed by atoms with van der Waals surface area (Å²) in [6.07, 6.45) is 1.46. The standard InChI is InChI=1S/C26H23FN2O3/c1-17-6-4-9-24(18(17)2)29-26(30)21(15-28)13-20-10-11-23(31-3)14-25(20)32-16-19-7-5-8-22(27)12-19/h4-14H,16H2,1-3H3,(H,29,30)/b21-13+. The van der Waals surface area contributed by atoms with Gasteiger partial charge in [-0.25, -0.2) is 4.39 Å². The van der Waals surface area contributed by atoms with Crippen molar-refractivity contribution >= 4 is 17.7 Å². The zero-order valence-electron chi connectivity index (χ0n) is 18.1. The van der Waals surface area contributed by atoms with Gasteiger partial charge in [-0.1, -0.05) is 24.3 Å². The van der Waals surface area contributed by atoms with Crippen LogP contribution < -0.4 is 14.8 Å². The van der Waals surface area contributed by atoms with E-state index in [2.05, 4.69) is 5.32 Å². The lowest BCUT2D eigenvalue weighted by atomic mass is 10.1. The number of hydrogen-bond acceptors (Lipinski definition) is 4. The average molecular weight is 430 g/mol. The minimum Gasteiger partial charge on any atom is -0.497 e. The molecule has 3 rings (SSSR count). The van der Waals surface area contributed by atoms with E-state index in [4.69, 9.17) is 9.47 Å². The van der Waals surface area contributed by atoms with Crippen molar-refractivity contribution in [3.63, 3.8) is 0 Å². The Morgan fingerprint density at radius 1 is 1.12 bits per heavy atom. The van der Waals surface area contributed by atoms with Gasteiger partial charge in [0.05, 0.1) is 7.11 Å². The molecule has 0 aromatic heterocycles. The molecule has 0 bridgehead atoms. The lowest BCUT2D eigenvalue weighted by Gasteiger charge is -2.12. The normalized spacial score (nSPS) is 10.9. The molecule has 1 amide bonds. The maximum absolute atomic E-state index is 13.5. The highest BCUT2D eigenvalue weighted by Gasteiger charge is 2.14. The first kappa shape index (κ1) is 22.6. The molecule has 162 valence electrons. The van der Waals surface area contributed by atoms with Crippen LogP contribution in [0.2, 0.25) is 0 Å². The topological polar surface area (TPSA) is 71.3 Å². The molecule has 0 atom stereocenters. The molecule has 3 aromatic rings. The van der Waals surface area contributed by atoms with Gasteiger partial charge < -0.3 is 14.8 Å². The van der Waals surface area contributed by atoms with Gasteiger partial charge >= 0.3 is 0 Å². The van der Waals surface area contributed by atoms with Gasteiger partial charge in [0.2, 0.25) is 0 Å². The fourth-order valence-corrected chi connectivity index (χ4v) is 3.05. The summed E-state index contributed by atoms with van der Waals surface area (Å²) in [5, 5.41) is 12.4. The highest BCUT2D eigenvalue weighted by molar-refractivity contribution is 6.10.